The maximum absolute atomic E-state index is 12.2. The van der Waals surface area contributed by atoms with Crippen LogP contribution in [-0.2, 0) is 11.2 Å². The number of aryl methyl sites for hydroxylation is 2. The molecule has 0 aliphatic rings. The van der Waals surface area contributed by atoms with Crippen LogP contribution in [0.2, 0.25) is 0 Å². The maximum Gasteiger partial charge on any atom is 0.227 e. The van der Waals surface area contributed by atoms with Gasteiger partial charge in [0.1, 0.15) is 11.0 Å². The van der Waals surface area contributed by atoms with Gasteiger partial charge in [-0.25, -0.2) is 0 Å². The lowest BCUT2D eigenvalue weighted by atomic mass is 10.1. The third-order valence-electron chi connectivity index (χ3n) is 3.90. The number of fused-ring (bicyclic) bond motifs is 1. The van der Waals surface area contributed by atoms with Crippen molar-refractivity contribution in [3.05, 3.63) is 53.9 Å². The van der Waals surface area contributed by atoms with E-state index in [0.29, 0.717) is 29.3 Å². The summed E-state index contributed by atoms with van der Waals surface area (Å²) in [6, 6.07) is 13.4. The second kappa shape index (κ2) is 7.01. The van der Waals surface area contributed by atoms with E-state index in [4.69, 9.17) is 4.52 Å². The minimum Gasteiger partial charge on any atom is -0.339 e. The van der Waals surface area contributed by atoms with Gasteiger partial charge in [0.05, 0.1) is 17.4 Å². The van der Waals surface area contributed by atoms with Gasteiger partial charge in [-0.05, 0) is 19.1 Å². The van der Waals surface area contributed by atoms with E-state index < -0.39 is 0 Å². The highest BCUT2D eigenvalue weighted by molar-refractivity contribution is 7.00. The van der Waals surface area contributed by atoms with E-state index >= 15 is 0 Å². The van der Waals surface area contributed by atoms with Gasteiger partial charge in [0, 0.05) is 18.4 Å². The Morgan fingerprint density at radius 2 is 2.00 bits per heavy atom. The van der Waals surface area contributed by atoms with Crippen molar-refractivity contribution in [2.45, 2.75) is 19.8 Å². The average Bonchev–Trinajstić information content (AvgIpc) is 3.30. The van der Waals surface area contributed by atoms with Crippen molar-refractivity contribution in [1.29, 1.82) is 0 Å². The van der Waals surface area contributed by atoms with Crippen molar-refractivity contribution in [1.82, 2.24) is 18.9 Å². The number of hydrogen-bond donors (Lipinski definition) is 1. The molecule has 0 saturated heterocycles. The van der Waals surface area contributed by atoms with Gasteiger partial charge in [-0.3, -0.25) is 4.79 Å². The van der Waals surface area contributed by atoms with Gasteiger partial charge in [-0.15, -0.1) is 0 Å². The van der Waals surface area contributed by atoms with E-state index in [1.165, 1.54) is 5.56 Å². The monoisotopic (exact) mass is 365 g/mol. The fourth-order valence-electron chi connectivity index (χ4n) is 2.52. The fraction of sp³-hybridized carbons (Fsp3) is 0.167. The number of hydrogen-bond acceptors (Lipinski definition) is 7. The Morgan fingerprint density at radius 3 is 2.85 bits per heavy atom. The van der Waals surface area contributed by atoms with E-state index in [0.717, 1.165) is 22.8 Å². The summed E-state index contributed by atoms with van der Waals surface area (Å²) in [5.74, 6) is 0.823. The van der Waals surface area contributed by atoms with Gasteiger partial charge in [0.2, 0.25) is 17.6 Å². The highest BCUT2D eigenvalue weighted by Crippen LogP contribution is 2.21. The Labute approximate surface area is 153 Å². The lowest BCUT2D eigenvalue weighted by Crippen LogP contribution is -2.12. The van der Waals surface area contributed by atoms with Crippen molar-refractivity contribution >= 4 is 34.4 Å². The lowest BCUT2D eigenvalue weighted by molar-refractivity contribution is -0.116. The van der Waals surface area contributed by atoms with Crippen molar-refractivity contribution in [3.63, 3.8) is 0 Å². The molecule has 0 atom stereocenters. The first-order chi connectivity index (χ1) is 12.7. The molecule has 0 bridgehead atoms. The summed E-state index contributed by atoms with van der Waals surface area (Å²) in [7, 11) is 0. The SMILES string of the molecule is Cc1ccc(-c2noc(CCC(=O)Nc3cccc4nsnc34)n2)cc1. The number of carbonyl (C=O) groups is 1. The molecule has 0 spiro atoms. The number of carbonyl (C=O) groups excluding carboxylic acids is 1. The molecule has 1 amide bonds. The number of nitrogens with zero attached hydrogens (tertiary/aromatic N) is 4. The minimum atomic E-state index is -0.138. The summed E-state index contributed by atoms with van der Waals surface area (Å²) in [5, 5.41) is 6.84. The maximum atomic E-state index is 12.2. The number of aromatic nitrogens is 4. The van der Waals surface area contributed by atoms with E-state index in [9.17, 15) is 4.79 Å². The largest absolute Gasteiger partial charge is 0.339 e. The van der Waals surface area contributed by atoms with Crippen molar-refractivity contribution in [2.24, 2.45) is 0 Å². The van der Waals surface area contributed by atoms with Crippen LogP contribution in [-0.4, -0.2) is 24.8 Å². The summed E-state index contributed by atoms with van der Waals surface area (Å²) >= 11 is 1.12. The Balaban J connectivity index is 1.39. The third kappa shape index (κ3) is 3.45. The molecule has 0 aliphatic carbocycles. The zero-order valence-electron chi connectivity index (χ0n) is 14.0. The van der Waals surface area contributed by atoms with Crippen LogP contribution >= 0.6 is 11.7 Å². The van der Waals surface area contributed by atoms with Crippen LogP contribution in [0.1, 0.15) is 17.9 Å². The number of benzene rings is 2. The van der Waals surface area contributed by atoms with Gasteiger partial charge in [0.15, 0.2) is 0 Å². The number of amides is 1. The molecule has 2 aromatic carbocycles. The number of nitrogens with one attached hydrogen (secondary N) is 1. The highest BCUT2D eigenvalue weighted by Gasteiger charge is 2.12. The average molecular weight is 365 g/mol. The molecular weight excluding hydrogens is 350 g/mol. The first-order valence-electron chi connectivity index (χ1n) is 8.10. The van der Waals surface area contributed by atoms with E-state index in [1.54, 1.807) is 0 Å². The molecule has 130 valence electrons. The van der Waals surface area contributed by atoms with Crippen LogP contribution < -0.4 is 5.32 Å². The van der Waals surface area contributed by atoms with E-state index in [-0.39, 0.29) is 12.3 Å². The third-order valence-corrected chi connectivity index (χ3v) is 4.45. The van der Waals surface area contributed by atoms with Crippen LogP contribution in [0.4, 0.5) is 5.69 Å². The van der Waals surface area contributed by atoms with Crippen LogP contribution in [0.15, 0.2) is 47.0 Å². The van der Waals surface area contributed by atoms with Crippen molar-refractivity contribution in [2.75, 3.05) is 5.32 Å². The van der Waals surface area contributed by atoms with Gasteiger partial charge < -0.3 is 9.84 Å². The Bertz CT molecular complexity index is 1050. The Morgan fingerprint density at radius 1 is 1.15 bits per heavy atom. The topological polar surface area (TPSA) is 93.8 Å². The molecular formula is C18H15N5O2S. The summed E-state index contributed by atoms with van der Waals surface area (Å²) in [4.78, 5) is 16.6. The van der Waals surface area contributed by atoms with Crippen LogP contribution in [0.5, 0.6) is 0 Å². The summed E-state index contributed by atoms with van der Waals surface area (Å²) < 4.78 is 13.6. The smallest absolute Gasteiger partial charge is 0.227 e. The van der Waals surface area contributed by atoms with Crippen molar-refractivity contribution in [3.8, 4) is 11.4 Å². The quantitative estimate of drug-likeness (QED) is 0.580. The second-order valence-corrected chi connectivity index (χ2v) is 6.39. The molecule has 4 rings (SSSR count). The van der Waals surface area contributed by atoms with Gasteiger partial charge >= 0.3 is 0 Å². The van der Waals surface area contributed by atoms with Crippen molar-refractivity contribution < 1.29 is 9.32 Å². The number of anilines is 1. The molecule has 4 aromatic rings. The van der Waals surface area contributed by atoms with Gasteiger partial charge in [-0.2, -0.15) is 13.7 Å². The Kier molecular flexibility index (Phi) is 4.40. The second-order valence-electron chi connectivity index (χ2n) is 5.86. The van der Waals surface area contributed by atoms with Crippen LogP contribution in [0, 0.1) is 6.92 Å². The first kappa shape index (κ1) is 16.3. The predicted octanol–water partition coefficient (Wildman–Crippen LogP) is 3.62. The molecule has 7 nitrogen and oxygen atoms in total. The Hall–Kier alpha value is -3.13. The highest BCUT2D eigenvalue weighted by atomic mass is 32.1. The fourth-order valence-corrected chi connectivity index (χ4v) is 3.07. The number of rotatable bonds is 5. The molecule has 0 unspecified atom stereocenters. The zero-order valence-corrected chi connectivity index (χ0v) is 14.8. The molecule has 0 fully saturated rings. The summed E-state index contributed by atoms with van der Waals surface area (Å²) in [5.41, 5.74) is 4.18. The summed E-state index contributed by atoms with van der Waals surface area (Å²) in [6.07, 6.45) is 0.611. The summed E-state index contributed by atoms with van der Waals surface area (Å²) in [6.45, 7) is 2.02. The van der Waals surface area contributed by atoms with Gasteiger partial charge in [0.25, 0.3) is 0 Å². The molecule has 26 heavy (non-hydrogen) atoms. The van der Waals surface area contributed by atoms with Crippen LogP contribution in [0.25, 0.3) is 22.4 Å². The molecule has 0 radical (unpaired) electrons. The molecule has 0 saturated carbocycles. The molecule has 1 N–H and O–H groups in total. The van der Waals surface area contributed by atoms with E-state index in [2.05, 4.69) is 24.2 Å². The van der Waals surface area contributed by atoms with Crippen LogP contribution in [0.3, 0.4) is 0 Å². The predicted molar refractivity (Wildman–Crippen MR) is 98.8 cm³/mol. The lowest BCUT2D eigenvalue weighted by Gasteiger charge is -2.04. The normalized spacial score (nSPS) is 11.0. The molecule has 8 heteroatoms. The standard InChI is InChI=1S/C18H15N5O2S/c1-11-5-7-12(8-6-11)18-20-16(25-21-18)10-9-15(24)19-13-3-2-4-14-17(13)23-26-22-14/h2-8H,9-10H2,1H3,(H,19,24). The molecule has 0 aliphatic heterocycles. The van der Waals surface area contributed by atoms with Gasteiger partial charge in [-0.1, -0.05) is 41.1 Å². The van der Waals surface area contributed by atoms with E-state index in [1.807, 2.05) is 49.4 Å². The molecule has 2 heterocycles. The molecule has 2 aromatic heterocycles. The zero-order chi connectivity index (χ0) is 17.9. The first-order valence-corrected chi connectivity index (χ1v) is 8.83. The minimum absolute atomic E-state index is 0.138.